The Labute approximate surface area is 196 Å². The molecule has 2 rings (SSSR count). The Bertz CT molecular complexity index is 712. The number of hydrogen-bond donors (Lipinski definition) is 1. The van der Waals surface area contributed by atoms with E-state index in [1.165, 1.54) is 77.0 Å². The van der Waals surface area contributed by atoms with Crippen LogP contribution < -0.4 is 10.1 Å². The topological polar surface area (TPSA) is 38.3 Å². The van der Waals surface area contributed by atoms with Crippen molar-refractivity contribution in [3.63, 3.8) is 0 Å². The van der Waals surface area contributed by atoms with E-state index in [4.69, 9.17) is 4.74 Å². The predicted octanol–water partition coefficient (Wildman–Crippen LogP) is 9.21. The van der Waals surface area contributed by atoms with E-state index >= 15 is 0 Å². The van der Waals surface area contributed by atoms with E-state index < -0.39 is 0 Å². The van der Waals surface area contributed by atoms with E-state index in [9.17, 15) is 4.79 Å². The summed E-state index contributed by atoms with van der Waals surface area (Å²) in [6.07, 6.45) is 19.0. The maximum atomic E-state index is 12.1. The molecule has 0 radical (unpaired) electrons. The van der Waals surface area contributed by atoms with Crippen LogP contribution in [-0.2, 0) is 4.79 Å². The summed E-state index contributed by atoms with van der Waals surface area (Å²) in [4.78, 5) is 12.1. The highest BCUT2D eigenvalue weighted by Crippen LogP contribution is 2.20. The smallest absolute Gasteiger partial charge is 0.311 e. The number of para-hydroxylation sites is 1. The minimum atomic E-state index is -0.132. The molecule has 0 aliphatic carbocycles. The SMILES string of the molecule is CCCCCCCCCCCCCCCCC(=O)Oc1ccc(Nc2ccccc2)cc1. The van der Waals surface area contributed by atoms with Gasteiger partial charge in [-0.1, -0.05) is 109 Å². The maximum absolute atomic E-state index is 12.1. The molecule has 2 aromatic carbocycles. The summed E-state index contributed by atoms with van der Waals surface area (Å²) in [6.45, 7) is 2.27. The van der Waals surface area contributed by atoms with Gasteiger partial charge in [0, 0.05) is 17.8 Å². The van der Waals surface area contributed by atoms with E-state index in [1.807, 2.05) is 54.6 Å². The number of hydrogen-bond acceptors (Lipinski definition) is 3. The fourth-order valence-corrected chi connectivity index (χ4v) is 3.94. The Kier molecular flexibility index (Phi) is 14.0. The van der Waals surface area contributed by atoms with Gasteiger partial charge in [0.15, 0.2) is 0 Å². The third-order valence-electron chi connectivity index (χ3n) is 5.88. The van der Waals surface area contributed by atoms with Crippen LogP contribution in [0.15, 0.2) is 54.6 Å². The molecule has 0 spiro atoms. The summed E-state index contributed by atoms with van der Waals surface area (Å²) >= 11 is 0. The number of ether oxygens (including phenoxy) is 1. The molecule has 0 fully saturated rings. The Morgan fingerprint density at radius 2 is 1.09 bits per heavy atom. The standard InChI is InChI=1S/C29H43NO2/c1-2-3-4-5-6-7-8-9-10-11-12-13-14-18-21-29(31)32-28-24-22-27(23-25-28)30-26-19-16-15-17-20-26/h15-17,19-20,22-25,30H,2-14,18,21H2,1H3. The lowest BCUT2D eigenvalue weighted by Gasteiger charge is -2.08. The number of anilines is 2. The van der Waals surface area contributed by atoms with E-state index in [2.05, 4.69) is 12.2 Å². The number of carbonyl (C=O) groups excluding carboxylic acids is 1. The van der Waals surface area contributed by atoms with Crippen molar-refractivity contribution >= 4 is 17.3 Å². The molecule has 3 nitrogen and oxygen atoms in total. The molecule has 0 aliphatic rings. The lowest BCUT2D eigenvalue weighted by Crippen LogP contribution is -2.07. The molecule has 0 saturated heterocycles. The second-order valence-electron chi connectivity index (χ2n) is 8.84. The molecule has 2 aromatic rings. The lowest BCUT2D eigenvalue weighted by atomic mass is 10.0. The zero-order valence-corrected chi connectivity index (χ0v) is 20.1. The van der Waals surface area contributed by atoms with Crippen LogP contribution in [0.4, 0.5) is 11.4 Å². The molecule has 3 heteroatoms. The van der Waals surface area contributed by atoms with E-state index in [1.54, 1.807) is 0 Å². The first kappa shape index (κ1) is 26.0. The van der Waals surface area contributed by atoms with E-state index in [-0.39, 0.29) is 5.97 Å². The molecule has 0 heterocycles. The van der Waals surface area contributed by atoms with Gasteiger partial charge in [-0.25, -0.2) is 0 Å². The Morgan fingerprint density at radius 3 is 1.62 bits per heavy atom. The van der Waals surface area contributed by atoms with Gasteiger partial charge in [0.1, 0.15) is 5.75 Å². The first-order valence-corrected chi connectivity index (χ1v) is 12.9. The number of carbonyl (C=O) groups is 1. The number of unbranched alkanes of at least 4 members (excludes halogenated alkanes) is 13. The van der Waals surface area contributed by atoms with Crippen LogP contribution in [0.25, 0.3) is 0 Å². The van der Waals surface area contributed by atoms with Gasteiger partial charge in [-0.2, -0.15) is 0 Å². The van der Waals surface area contributed by atoms with Crippen molar-refractivity contribution in [2.75, 3.05) is 5.32 Å². The second kappa shape index (κ2) is 17.3. The van der Waals surface area contributed by atoms with Gasteiger partial charge in [-0.15, -0.1) is 0 Å². The Balaban J connectivity index is 1.43. The average Bonchev–Trinajstić information content (AvgIpc) is 2.81. The van der Waals surface area contributed by atoms with Crippen molar-refractivity contribution in [1.82, 2.24) is 0 Å². The van der Waals surface area contributed by atoms with Crippen LogP contribution in [0, 0.1) is 0 Å². The zero-order chi connectivity index (χ0) is 22.7. The van der Waals surface area contributed by atoms with Crippen molar-refractivity contribution in [1.29, 1.82) is 0 Å². The molecule has 32 heavy (non-hydrogen) atoms. The molecule has 0 bridgehead atoms. The quantitative estimate of drug-likeness (QED) is 0.143. The molecule has 0 amide bonds. The molecule has 0 atom stereocenters. The number of nitrogens with one attached hydrogen (secondary N) is 1. The maximum Gasteiger partial charge on any atom is 0.311 e. The van der Waals surface area contributed by atoms with Gasteiger partial charge in [0.25, 0.3) is 0 Å². The Morgan fingerprint density at radius 1 is 0.625 bits per heavy atom. The number of benzene rings is 2. The number of rotatable bonds is 18. The lowest BCUT2D eigenvalue weighted by molar-refractivity contribution is -0.134. The summed E-state index contributed by atoms with van der Waals surface area (Å²) in [7, 11) is 0. The summed E-state index contributed by atoms with van der Waals surface area (Å²) < 4.78 is 5.47. The normalized spacial score (nSPS) is 10.8. The minimum absolute atomic E-state index is 0.132. The molecular formula is C29H43NO2. The highest BCUT2D eigenvalue weighted by molar-refractivity contribution is 5.72. The van der Waals surface area contributed by atoms with E-state index in [0.717, 1.165) is 24.2 Å². The fraction of sp³-hybridized carbons (Fsp3) is 0.552. The first-order chi connectivity index (χ1) is 15.8. The van der Waals surface area contributed by atoms with Crippen LogP contribution in [-0.4, -0.2) is 5.97 Å². The Hall–Kier alpha value is -2.29. The predicted molar refractivity (Wildman–Crippen MR) is 137 cm³/mol. The van der Waals surface area contributed by atoms with Gasteiger partial charge >= 0.3 is 5.97 Å². The molecular weight excluding hydrogens is 394 g/mol. The molecule has 0 aliphatic heterocycles. The molecule has 0 unspecified atom stereocenters. The van der Waals surface area contributed by atoms with Gasteiger partial charge in [0.05, 0.1) is 0 Å². The average molecular weight is 438 g/mol. The van der Waals surface area contributed by atoms with Gasteiger partial charge in [-0.05, 0) is 42.8 Å². The van der Waals surface area contributed by atoms with Crippen LogP contribution in [0.5, 0.6) is 5.75 Å². The van der Waals surface area contributed by atoms with E-state index in [0.29, 0.717) is 12.2 Å². The molecule has 176 valence electrons. The number of esters is 1. The summed E-state index contributed by atoms with van der Waals surface area (Å²) in [5.74, 6) is 0.478. The largest absolute Gasteiger partial charge is 0.427 e. The monoisotopic (exact) mass is 437 g/mol. The minimum Gasteiger partial charge on any atom is -0.427 e. The summed E-state index contributed by atoms with van der Waals surface area (Å²) in [6, 6.07) is 17.6. The zero-order valence-electron chi connectivity index (χ0n) is 20.1. The third kappa shape index (κ3) is 12.5. The highest BCUT2D eigenvalue weighted by atomic mass is 16.5. The first-order valence-electron chi connectivity index (χ1n) is 12.9. The summed E-state index contributed by atoms with van der Waals surface area (Å²) in [5.41, 5.74) is 2.01. The van der Waals surface area contributed by atoms with Crippen molar-refractivity contribution in [2.45, 2.75) is 103 Å². The van der Waals surface area contributed by atoms with Gasteiger partial charge in [0.2, 0.25) is 0 Å². The third-order valence-corrected chi connectivity index (χ3v) is 5.88. The highest BCUT2D eigenvalue weighted by Gasteiger charge is 2.05. The molecule has 1 N–H and O–H groups in total. The fourth-order valence-electron chi connectivity index (χ4n) is 3.94. The summed E-state index contributed by atoms with van der Waals surface area (Å²) in [5, 5.41) is 3.33. The van der Waals surface area contributed by atoms with Crippen LogP contribution in [0.3, 0.4) is 0 Å². The molecule has 0 aromatic heterocycles. The van der Waals surface area contributed by atoms with Gasteiger partial charge in [-0.3, -0.25) is 4.79 Å². The van der Waals surface area contributed by atoms with Crippen molar-refractivity contribution in [3.8, 4) is 5.75 Å². The van der Waals surface area contributed by atoms with Crippen molar-refractivity contribution < 1.29 is 9.53 Å². The van der Waals surface area contributed by atoms with Crippen LogP contribution in [0.1, 0.15) is 103 Å². The second-order valence-corrected chi connectivity index (χ2v) is 8.84. The molecule has 0 saturated carbocycles. The van der Waals surface area contributed by atoms with Crippen molar-refractivity contribution in [2.24, 2.45) is 0 Å². The van der Waals surface area contributed by atoms with Crippen LogP contribution >= 0.6 is 0 Å². The van der Waals surface area contributed by atoms with Gasteiger partial charge < -0.3 is 10.1 Å². The van der Waals surface area contributed by atoms with Crippen molar-refractivity contribution in [3.05, 3.63) is 54.6 Å². The van der Waals surface area contributed by atoms with Crippen LogP contribution in [0.2, 0.25) is 0 Å².